The summed E-state index contributed by atoms with van der Waals surface area (Å²) in [5, 5.41) is 3.40. The summed E-state index contributed by atoms with van der Waals surface area (Å²) in [6, 6.07) is 11.5. The van der Waals surface area contributed by atoms with Crippen LogP contribution in [0.3, 0.4) is 0 Å². The van der Waals surface area contributed by atoms with Crippen LogP contribution < -0.4 is 5.32 Å². The Kier molecular flexibility index (Phi) is 5.18. The maximum absolute atomic E-state index is 12.3. The van der Waals surface area contributed by atoms with E-state index in [0.29, 0.717) is 11.8 Å². The minimum absolute atomic E-state index is 0.0365. The van der Waals surface area contributed by atoms with Crippen molar-refractivity contribution in [2.75, 3.05) is 0 Å². The van der Waals surface area contributed by atoms with Gasteiger partial charge in [0.1, 0.15) is 0 Å². The second-order valence-corrected chi connectivity index (χ2v) is 6.32. The molecule has 0 saturated heterocycles. The third kappa shape index (κ3) is 4.10. The van der Waals surface area contributed by atoms with Gasteiger partial charge in [0.15, 0.2) is 0 Å². The number of thioether (sulfide) groups is 1. The first-order valence-electron chi connectivity index (χ1n) is 6.59. The molecule has 2 rings (SSSR count). The molecule has 104 valence electrons. The average molecular weight is 286 g/mol. The van der Waals surface area contributed by atoms with E-state index in [1.54, 1.807) is 24.2 Å². The summed E-state index contributed by atoms with van der Waals surface area (Å²) in [7, 11) is 0. The number of amides is 1. The molecule has 0 aliphatic carbocycles. The second kappa shape index (κ2) is 7.10. The first kappa shape index (κ1) is 14.6. The summed E-state index contributed by atoms with van der Waals surface area (Å²) in [6.45, 7) is 4.76. The molecule has 1 amide bonds. The number of aromatic nitrogens is 1. The maximum Gasteiger partial charge on any atom is 0.252 e. The third-order valence-corrected chi connectivity index (χ3v) is 3.78. The molecule has 0 saturated carbocycles. The van der Waals surface area contributed by atoms with Crippen LogP contribution >= 0.6 is 11.8 Å². The van der Waals surface area contributed by atoms with E-state index in [4.69, 9.17) is 0 Å². The largest absolute Gasteiger partial charge is 0.348 e. The van der Waals surface area contributed by atoms with Gasteiger partial charge in [0.2, 0.25) is 0 Å². The van der Waals surface area contributed by atoms with Crippen molar-refractivity contribution in [3.8, 4) is 0 Å². The molecule has 0 fully saturated rings. The summed E-state index contributed by atoms with van der Waals surface area (Å²) in [4.78, 5) is 17.3. The molecular weight excluding hydrogens is 268 g/mol. The fraction of sp³-hybridized carbons (Fsp3) is 0.250. The Morgan fingerprint density at radius 2 is 1.90 bits per heavy atom. The molecule has 0 aliphatic heterocycles. The number of carbonyl (C=O) groups excluding carboxylic acids is 1. The fourth-order valence-corrected chi connectivity index (χ4v) is 2.74. The summed E-state index contributed by atoms with van der Waals surface area (Å²) in [5.41, 5.74) is 1.78. The monoisotopic (exact) mass is 286 g/mol. The number of hydrogen-bond acceptors (Lipinski definition) is 3. The lowest BCUT2D eigenvalue weighted by atomic mass is 10.2. The molecule has 3 nitrogen and oxygen atoms in total. The molecule has 0 radical (unpaired) electrons. The Hall–Kier alpha value is -1.81. The van der Waals surface area contributed by atoms with Gasteiger partial charge in [-0.2, -0.15) is 0 Å². The molecule has 4 heteroatoms. The summed E-state index contributed by atoms with van der Waals surface area (Å²) >= 11 is 1.70. The lowest BCUT2D eigenvalue weighted by Crippen LogP contribution is -2.23. The Morgan fingerprint density at radius 3 is 2.60 bits per heavy atom. The van der Waals surface area contributed by atoms with E-state index in [1.165, 1.54) is 0 Å². The van der Waals surface area contributed by atoms with Gasteiger partial charge in [-0.25, -0.2) is 0 Å². The molecule has 1 N–H and O–H groups in total. The highest BCUT2D eigenvalue weighted by atomic mass is 32.2. The van der Waals surface area contributed by atoms with Crippen molar-refractivity contribution in [3.05, 3.63) is 59.9 Å². The predicted molar refractivity (Wildman–Crippen MR) is 82.8 cm³/mol. The van der Waals surface area contributed by atoms with Crippen LogP contribution in [0.4, 0.5) is 0 Å². The van der Waals surface area contributed by atoms with E-state index in [9.17, 15) is 4.79 Å². The number of benzene rings is 1. The Labute approximate surface area is 123 Å². The van der Waals surface area contributed by atoms with Gasteiger partial charge in [0.05, 0.1) is 5.56 Å². The van der Waals surface area contributed by atoms with E-state index in [1.807, 2.05) is 36.4 Å². The van der Waals surface area contributed by atoms with Crippen LogP contribution in [0.25, 0.3) is 0 Å². The van der Waals surface area contributed by atoms with Crippen molar-refractivity contribution >= 4 is 17.7 Å². The Bertz CT molecular complexity index is 570. The van der Waals surface area contributed by atoms with Gasteiger partial charge in [0.25, 0.3) is 5.91 Å². The van der Waals surface area contributed by atoms with Gasteiger partial charge in [-0.1, -0.05) is 26.0 Å². The van der Waals surface area contributed by atoms with Gasteiger partial charge >= 0.3 is 0 Å². The molecule has 1 aromatic heterocycles. The minimum Gasteiger partial charge on any atom is -0.348 e. The lowest BCUT2D eigenvalue weighted by molar-refractivity contribution is 0.0948. The third-order valence-electron chi connectivity index (χ3n) is 2.70. The lowest BCUT2D eigenvalue weighted by Gasteiger charge is -2.11. The number of nitrogens with one attached hydrogen (secondary N) is 1. The van der Waals surface area contributed by atoms with Crippen molar-refractivity contribution < 1.29 is 4.79 Å². The molecule has 0 aliphatic rings. The maximum atomic E-state index is 12.3. The van der Waals surface area contributed by atoms with Crippen molar-refractivity contribution in [3.63, 3.8) is 0 Å². The van der Waals surface area contributed by atoms with Crippen molar-refractivity contribution in [1.82, 2.24) is 10.3 Å². The first-order valence-corrected chi connectivity index (χ1v) is 7.47. The molecule has 0 atom stereocenters. The predicted octanol–water partition coefficient (Wildman–Crippen LogP) is 3.51. The smallest absolute Gasteiger partial charge is 0.252 e. The van der Waals surface area contributed by atoms with Gasteiger partial charge in [-0.05, 0) is 29.8 Å². The van der Waals surface area contributed by atoms with Gasteiger partial charge in [0, 0.05) is 29.1 Å². The zero-order valence-electron chi connectivity index (χ0n) is 11.7. The second-order valence-electron chi connectivity index (χ2n) is 4.70. The minimum atomic E-state index is -0.0365. The molecule has 2 aromatic rings. The first-order chi connectivity index (χ1) is 9.66. The van der Waals surface area contributed by atoms with Gasteiger partial charge < -0.3 is 5.32 Å². The summed E-state index contributed by atoms with van der Waals surface area (Å²) in [5.74, 6) is -0.0365. The van der Waals surface area contributed by atoms with Crippen molar-refractivity contribution in [1.29, 1.82) is 0 Å². The van der Waals surface area contributed by atoms with E-state index in [-0.39, 0.29) is 5.91 Å². The van der Waals surface area contributed by atoms with E-state index in [0.717, 1.165) is 16.0 Å². The zero-order chi connectivity index (χ0) is 14.4. The molecule has 1 heterocycles. The standard InChI is InChI=1S/C16H18N2OS/c1-12(2)20-15-6-4-3-5-14(15)16(19)18-11-13-7-9-17-10-8-13/h3-10,12H,11H2,1-2H3,(H,18,19). The normalized spacial score (nSPS) is 10.6. The molecule has 1 aromatic carbocycles. The Balaban J connectivity index is 2.05. The molecular formula is C16H18N2OS. The van der Waals surface area contributed by atoms with Crippen LogP contribution in [-0.4, -0.2) is 16.1 Å². The van der Waals surface area contributed by atoms with Crippen molar-refractivity contribution in [2.45, 2.75) is 30.5 Å². The van der Waals surface area contributed by atoms with Gasteiger partial charge in [-0.3, -0.25) is 9.78 Å². The summed E-state index contributed by atoms with van der Waals surface area (Å²) in [6.07, 6.45) is 3.45. The molecule has 20 heavy (non-hydrogen) atoms. The van der Waals surface area contributed by atoms with Crippen LogP contribution in [-0.2, 0) is 6.54 Å². The number of hydrogen-bond donors (Lipinski definition) is 1. The average Bonchev–Trinajstić information content (AvgIpc) is 2.46. The number of carbonyl (C=O) groups is 1. The highest BCUT2D eigenvalue weighted by Gasteiger charge is 2.11. The summed E-state index contributed by atoms with van der Waals surface area (Å²) < 4.78 is 0. The van der Waals surface area contributed by atoms with Crippen LogP contribution in [0, 0.1) is 0 Å². The Morgan fingerprint density at radius 1 is 1.20 bits per heavy atom. The van der Waals surface area contributed by atoms with Crippen LogP contribution in [0.2, 0.25) is 0 Å². The van der Waals surface area contributed by atoms with Crippen LogP contribution in [0.1, 0.15) is 29.8 Å². The molecule has 0 bridgehead atoms. The topological polar surface area (TPSA) is 42.0 Å². The highest BCUT2D eigenvalue weighted by molar-refractivity contribution is 8.00. The molecule has 0 unspecified atom stereocenters. The fourth-order valence-electron chi connectivity index (χ4n) is 1.79. The zero-order valence-corrected chi connectivity index (χ0v) is 12.5. The number of nitrogens with zero attached hydrogens (tertiary/aromatic N) is 1. The van der Waals surface area contributed by atoms with Crippen LogP contribution in [0.15, 0.2) is 53.7 Å². The highest BCUT2D eigenvalue weighted by Crippen LogP contribution is 2.26. The van der Waals surface area contributed by atoms with Crippen molar-refractivity contribution in [2.24, 2.45) is 0 Å². The van der Waals surface area contributed by atoms with E-state index >= 15 is 0 Å². The van der Waals surface area contributed by atoms with E-state index in [2.05, 4.69) is 24.1 Å². The van der Waals surface area contributed by atoms with Crippen LogP contribution in [0.5, 0.6) is 0 Å². The quantitative estimate of drug-likeness (QED) is 0.855. The van der Waals surface area contributed by atoms with E-state index < -0.39 is 0 Å². The number of rotatable bonds is 5. The SMILES string of the molecule is CC(C)Sc1ccccc1C(=O)NCc1ccncc1. The van der Waals surface area contributed by atoms with Gasteiger partial charge in [-0.15, -0.1) is 11.8 Å². The molecule has 0 spiro atoms. The number of pyridine rings is 1.